The summed E-state index contributed by atoms with van der Waals surface area (Å²) in [6.45, 7) is 15.1. The Kier molecular flexibility index (Phi) is 6.45. The van der Waals surface area contributed by atoms with E-state index in [0.29, 0.717) is 0 Å². The molecule has 12 heavy (non-hydrogen) atoms. The van der Waals surface area contributed by atoms with Gasteiger partial charge >= 0.3 is 0 Å². The van der Waals surface area contributed by atoms with Gasteiger partial charge in [0.05, 0.1) is 0 Å². The predicted molar refractivity (Wildman–Crippen MR) is 56.4 cm³/mol. The van der Waals surface area contributed by atoms with Crippen LogP contribution >= 0.6 is 0 Å². The maximum Gasteiger partial charge on any atom is 0.00118 e. The van der Waals surface area contributed by atoms with E-state index in [1.807, 2.05) is 0 Å². The van der Waals surface area contributed by atoms with Gasteiger partial charge in [-0.2, -0.15) is 0 Å². The van der Waals surface area contributed by atoms with Crippen LogP contribution < -0.4 is 0 Å². The molecule has 0 aliphatic heterocycles. The highest BCUT2D eigenvalue weighted by molar-refractivity contribution is 4.66. The summed E-state index contributed by atoms with van der Waals surface area (Å²) in [6, 6.07) is 0. The van der Waals surface area contributed by atoms with Gasteiger partial charge in [-0.05, 0) is 24.9 Å². The van der Waals surface area contributed by atoms with Gasteiger partial charge in [-0.3, -0.25) is 0 Å². The van der Waals surface area contributed by atoms with Crippen molar-refractivity contribution in [2.45, 2.75) is 41.0 Å². The molecule has 0 radical (unpaired) electrons. The van der Waals surface area contributed by atoms with Gasteiger partial charge < -0.3 is 4.90 Å². The molecule has 1 unspecified atom stereocenters. The quantitative estimate of drug-likeness (QED) is 0.594. The molecule has 1 heteroatoms. The van der Waals surface area contributed by atoms with E-state index in [4.69, 9.17) is 0 Å². The van der Waals surface area contributed by atoms with Crippen molar-refractivity contribution >= 4 is 0 Å². The Bertz CT molecular complexity index is 95.2. The van der Waals surface area contributed by atoms with Gasteiger partial charge in [-0.1, -0.05) is 41.0 Å². The maximum absolute atomic E-state index is 2.52. The summed E-state index contributed by atoms with van der Waals surface area (Å²) in [6.07, 6.45) is 1.31. The zero-order valence-electron chi connectivity index (χ0n) is 9.43. The summed E-state index contributed by atoms with van der Waals surface area (Å²) in [7, 11) is 0. The van der Waals surface area contributed by atoms with Gasteiger partial charge in [-0.15, -0.1) is 0 Å². The molecule has 0 aliphatic rings. The lowest BCUT2D eigenvalue weighted by atomic mass is 9.93. The molecule has 0 aromatic heterocycles. The molecule has 0 amide bonds. The zero-order chi connectivity index (χ0) is 9.56. The molecule has 0 bridgehead atoms. The average molecular weight is 171 g/mol. The van der Waals surface area contributed by atoms with Crippen molar-refractivity contribution in [3.63, 3.8) is 0 Å². The highest BCUT2D eigenvalue weighted by atomic mass is 15.1. The van der Waals surface area contributed by atoms with E-state index in [1.54, 1.807) is 0 Å². The van der Waals surface area contributed by atoms with E-state index in [-0.39, 0.29) is 0 Å². The van der Waals surface area contributed by atoms with Crippen LogP contribution in [0, 0.1) is 11.8 Å². The van der Waals surface area contributed by atoms with Gasteiger partial charge in [0.25, 0.3) is 0 Å². The van der Waals surface area contributed by atoms with Crippen LogP contribution in [0.3, 0.4) is 0 Å². The Balaban J connectivity index is 3.82. The summed E-state index contributed by atoms with van der Waals surface area (Å²) in [5, 5.41) is 0. The van der Waals surface area contributed by atoms with Crippen LogP contribution in [-0.2, 0) is 0 Å². The second-order valence-electron chi connectivity index (χ2n) is 3.90. The minimum Gasteiger partial charge on any atom is -0.304 e. The molecule has 0 spiro atoms. The Morgan fingerprint density at radius 3 is 1.75 bits per heavy atom. The molecule has 0 saturated carbocycles. The van der Waals surface area contributed by atoms with Crippen LogP contribution in [0.2, 0.25) is 0 Å². The normalized spacial score (nSPS) is 14.2. The zero-order valence-corrected chi connectivity index (χ0v) is 9.43. The van der Waals surface area contributed by atoms with Crippen molar-refractivity contribution in [2.75, 3.05) is 19.6 Å². The summed E-state index contributed by atoms with van der Waals surface area (Å²) >= 11 is 0. The van der Waals surface area contributed by atoms with Crippen LogP contribution in [0.15, 0.2) is 0 Å². The first-order chi connectivity index (χ1) is 5.65. The lowest BCUT2D eigenvalue weighted by molar-refractivity contribution is 0.213. The molecule has 0 fully saturated rings. The fraction of sp³-hybridized carbons (Fsp3) is 1.00. The monoisotopic (exact) mass is 171 g/mol. The lowest BCUT2D eigenvalue weighted by Gasteiger charge is -2.26. The van der Waals surface area contributed by atoms with E-state index in [0.717, 1.165) is 11.8 Å². The fourth-order valence-electron chi connectivity index (χ4n) is 1.62. The number of hydrogen-bond acceptors (Lipinski definition) is 1. The molecule has 0 N–H and O–H groups in total. The third kappa shape index (κ3) is 4.10. The summed E-state index contributed by atoms with van der Waals surface area (Å²) in [5.41, 5.74) is 0. The average Bonchev–Trinajstić information content (AvgIpc) is 2.06. The first kappa shape index (κ1) is 12.0. The van der Waals surface area contributed by atoms with Crippen LogP contribution in [-0.4, -0.2) is 24.5 Å². The fourth-order valence-corrected chi connectivity index (χ4v) is 1.62. The van der Waals surface area contributed by atoms with E-state index in [2.05, 4.69) is 39.5 Å². The van der Waals surface area contributed by atoms with E-state index < -0.39 is 0 Å². The van der Waals surface area contributed by atoms with Crippen molar-refractivity contribution in [1.29, 1.82) is 0 Å². The largest absolute Gasteiger partial charge is 0.304 e. The number of hydrogen-bond donors (Lipinski definition) is 0. The van der Waals surface area contributed by atoms with E-state index in [9.17, 15) is 0 Å². The highest BCUT2D eigenvalue weighted by Crippen LogP contribution is 2.15. The van der Waals surface area contributed by atoms with Gasteiger partial charge in [0.1, 0.15) is 0 Å². The standard InChI is InChI=1S/C11H25N/c1-6-11(10(4)5)9-12(7-2)8-3/h10-11H,6-9H2,1-5H3. The third-order valence-electron chi connectivity index (χ3n) is 2.85. The Labute approximate surface area is 78.1 Å². The second kappa shape index (κ2) is 6.47. The Morgan fingerprint density at radius 1 is 1.00 bits per heavy atom. The van der Waals surface area contributed by atoms with Gasteiger partial charge in [0.15, 0.2) is 0 Å². The van der Waals surface area contributed by atoms with Gasteiger partial charge in [0, 0.05) is 6.54 Å². The third-order valence-corrected chi connectivity index (χ3v) is 2.85. The summed E-state index contributed by atoms with van der Waals surface area (Å²) in [4.78, 5) is 2.52. The minimum atomic E-state index is 0.829. The first-order valence-electron chi connectivity index (χ1n) is 5.37. The molecule has 1 nitrogen and oxygen atoms in total. The Morgan fingerprint density at radius 2 is 1.50 bits per heavy atom. The summed E-state index contributed by atoms with van der Waals surface area (Å²) in [5.74, 6) is 1.71. The molecule has 0 saturated heterocycles. The van der Waals surface area contributed by atoms with Crippen LogP contribution in [0.5, 0.6) is 0 Å². The van der Waals surface area contributed by atoms with Crippen LogP contribution in [0.25, 0.3) is 0 Å². The number of nitrogens with zero attached hydrogens (tertiary/aromatic N) is 1. The Hall–Kier alpha value is -0.0400. The SMILES string of the molecule is CCC(CN(CC)CC)C(C)C. The molecular weight excluding hydrogens is 146 g/mol. The van der Waals surface area contributed by atoms with Crippen molar-refractivity contribution in [3.8, 4) is 0 Å². The molecule has 74 valence electrons. The second-order valence-corrected chi connectivity index (χ2v) is 3.90. The first-order valence-corrected chi connectivity index (χ1v) is 5.37. The molecule has 0 aromatic carbocycles. The minimum absolute atomic E-state index is 0.829. The molecule has 0 aliphatic carbocycles. The van der Waals surface area contributed by atoms with Crippen molar-refractivity contribution in [3.05, 3.63) is 0 Å². The van der Waals surface area contributed by atoms with E-state index >= 15 is 0 Å². The highest BCUT2D eigenvalue weighted by Gasteiger charge is 2.13. The van der Waals surface area contributed by atoms with Crippen molar-refractivity contribution in [1.82, 2.24) is 4.90 Å². The van der Waals surface area contributed by atoms with Crippen LogP contribution in [0.1, 0.15) is 41.0 Å². The molecule has 1 atom stereocenters. The molecular formula is C11H25N. The molecule has 0 aromatic rings. The molecule has 0 rings (SSSR count). The predicted octanol–water partition coefficient (Wildman–Crippen LogP) is 3.01. The van der Waals surface area contributed by atoms with Crippen LogP contribution in [0.4, 0.5) is 0 Å². The van der Waals surface area contributed by atoms with Crippen molar-refractivity contribution in [2.24, 2.45) is 11.8 Å². The number of rotatable bonds is 6. The van der Waals surface area contributed by atoms with Gasteiger partial charge in [0.2, 0.25) is 0 Å². The lowest BCUT2D eigenvalue weighted by Crippen LogP contribution is -2.31. The smallest absolute Gasteiger partial charge is 0.00118 e. The summed E-state index contributed by atoms with van der Waals surface area (Å²) < 4.78 is 0. The van der Waals surface area contributed by atoms with Gasteiger partial charge in [-0.25, -0.2) is 0 Å². The maximum atomic E-state index is 2.52. The van der Waals surface area contributed by atoms with E-state index in [1.165, 1.54) is 26.1 Å². The topological polar surface area (TPSA) is 3.24 Å². The molecule has 0 heterocycles. The van der Waals surface area contributed by atoms with Crippen molar-refractivity contribution < 1.29 is 0 Å².